The van der Waals surface area contributed by atoms with Gasteiger partial charge in [-0.3, -0.25) is 0 Å². The van der Waals surface area contributed by atoms with Gasteiger partial charge in [-0.2, -0.15) is 0 Å². The molecule has 0 unspecified atom stereocenters. The first kappa shape index (κ1) is 12.7. The zero-order chi connectivity index (χ0) is 13.0. The minimum Gasteiger partial charge on any atom is -0.489 e. The third kappa shape index (κ3) is 3.11. The summed E-state index contributed by atoms with van der Waals surface area (Å²) in [5, 5.41) is 0. The van der Waals surface area contributed by atoms with E-state index in [-0.39, 0.29) is 6.04 Å². The Morgan fingerprint density at radius 1 is 1.11 bits per heavy atom. The second kappa shape index (κ2) is 5.69. The molecular weight excluding hydrogens is 222 g/mol. The highest BCUT2D eigenvalue weighted by Crippen LogP contribution is 2.22. The summed E-state index contributed by atoms with van der Waals surface area (Å²) in [4.78, 5) is 0. The summed E-state index contributed by atoms with van der Waals surface area (Å²) in [5.74, 6) is 0.920. The summed E-state index contributed by atoms with van der Waals surface area (Å²) in [5.41, 5.74) is 9.30. The average Bonchev–Trinajstić information content (AvgIpc) is 2.38. The lowest BCUT2D eigenvalue weighted by molar-refractivity contribution is 0.304. The first-order chi connectivity index (χ1) is 8.66. The molecule has 2 nitrogen and oxygen atoms in total. The molecule has 0 fully saturated rings. The van der Waals surface area contributed by atoms with Crippen molar-refractivity contribution in [2.75, 3.05) is 0 Å². The minimum atomic E-state index is 0.0619. The van der Waals surface area contributed by atoms with E-state index in [9.17, 15) is 0 Å². The van der Waals surface area contributed by atoms with Crippen molar-refractivity contribution >= 4 is 0 Å². The van der Waals surface area contributed by atoms with Gasteiger partial charge in [0.25, 0.3) is 0 Å². The van der Waals surface area contributed by atoms with E-state index < -0.39 is 0 Å². The zero-order valence-corrected chi connectivity index (χ0v) is 10.9. The summed E-state index contributed by atoms with van der Waals surface area (Å²) in [6, 6.07) is 16.3. The number of hydrogen-bond acceptors (Lipinski definition) is 2. The van der Waals surface area contributed by atoms with Gasteiger partial charge in [0.05, 0.1) is 0 Å². The van der Waals surface area contributed by atoms with Crippen molar-refractivity contribution in [3.8, 4) is 5.75 Å². The molecule has 2 N–H and O–H groups in total. The van der Waals surface area contributed by atoms with E-state index in [1.807, 2.05) is 44.2 Å². The first-order valence-corrected chi connectivity index (χ1v) is 6.19. The van der Waals surface area contributed by atoms with Crippen molar-refractivity contribution in [3.63, 3.8) is 0 Å². The Labute approximate surface area is 108 Å². The SMILES string of the molecule is Cc1cc([C@H](C)N)ccc1OCc1ccccc1. The molecular formula is C16H19NO. The van der Waals surface area contributed by atoms with Crippen molar-refractivity contribution in [1.29, 1.82) is 0 Å². The van der Waals surface area contributed by atoms with Crippen LogP contribution in [0.2, 0.25) is 0 Å². The third-order valence-corrected chi connectivity index (χ3v) is 2.96. The van der Waals surface area contributed by atoms with Gasteiger partial charge in [-0.05, 0) is 36.6 Å². The Balaban J connectivity index is 2.06. The molecule has 0 radical (unpaired) electrons. The van der Waals surface area contributed by atoms with E-state index in [1.54, 1.807) is 0 Å². The Morgan fingerprint density at radius 2 is 1.83 bits per heavy atom. The first-order valence-electron chi connectivity index (χ1n) is 6.19. The highest BCUT2D eigenvalue weighted by Gasteiger charge is 2.04. The lowest BCUT2D eigenvalue weighted by atomic mass is 10.1. The van der Waals surface area contributed by atoms with Gasteiger partial charge in [-0.1, -0.05) is 42.5 Å². The number of hydrogen-bond donors (Lipinski definition) is 1. The fourth-order valence-electron chi connectivity index (χ4n) is 1.85. The molecule has 0 amide bonds. The van der Waals surface area contributed by atoms with Crippen LogP contribution >= 0.6 is 0 Å². The number of nitrogens with two attached hydrogens (primary N) is 1. The second-order valence-corrected chi connectivity index (χ2v) is 4.59. The minimum absolute atomic E-state index is 0.0619. The van der Waals surface area contributed by atoms with E-state index in [4.69, 9.17) is 10.5 Å². The molecule has 18 heavy (non-hydrogen) atoms. The maximum atomic E-state index is 5.86. The molecule has 0 bridgehead atoms. The van der Waals surface area contributed by atoms with Crippen LogP contribution in [0, 0.1) is 6.92 Å². The maximum Gasteiger partial charge on any atom is 0.122 e. The van der Waals surface area contributed by atoms with Gasteiger partial charge in [0.2, 0.25) is 0 Å². The van der Waals surface area contributed by atoms with Crippen LogP contribution in [0.3, 0.4) is 0 Å². The van der Waals surface area contributed by atoms with Crippen molar-refractivity contribution in [3.05, 3.63) is 65.2 Å². The summed E-state index contributed by atoms with van der Waals surface area (Å²) in [7, 11) is 0. The average molecular weight is 241 g/mol. The monoisotopic (exact) mass is 241 g/mol. The van der Waals surface area contributed by atoms with Crippen LogP contribution in [0.1, 0.15) is 29.7 Å². The number of ether oxygens (including phenoxy) is 1. The molecule has 2 aromatic rings. The van der Waals surface area contributed by atoms with Crippen molar-refractivity contribution in [1.82, 2.24) is 0 Å². The molecule has 0 saturated heterocycles. The molecule has 0 spiro atoms. The molecule has 1 atom stereocenters. The maximum absolute atomic E-state index is 5.86. The number of aryl methyl sites for hydroxylation is 1. The van der Waals surface area contributed by atoms with Crippen LogP contribution in [-0.4, -0.2) is 0 Å². The highest BCUT2D eigenvalue weighted by molar-refractivity contribution is 5.37. The fraction of sp³-hybridized carbons (Fsp3) is 0.250. The van der Waals surface area contributed by atoms with Gasteiger partial charge in [-0.25, -0.2) is 0 Å². The van der Waals surface area contributed by atoms with Crippen LogP contribution in [0.5, 0.6) is 5.75 Å². The Bertz CT molecular complexity index is 506. The molecule has 0 aromatic heterocycles. The lowest BCUT2D eigenvalue weighted by Crippen LogP contribution is -2.05. The predicted octanol–water partition coefficient (Wildman–Crippen LogP) is 3.59. The van der Waals surface area contributed by atoms with Crippen LogP contribution in [0.25, 0.3) is 0 Å². The zero-order valence-electron chi connectivity index (χ0n) is 10.9. The molecule has 2 aromatic carbocycles. The molecule has 0 heterocycles. The molecule has 0 aliphatic rings. The molecule has 2 rings (SSSR count). The van der Waals surface area contributed by atoms with E-state index in [0.717, 1.165) is 16.9 Å². The van der Waals surface area contributed by atoms with Crippen molar-refractivity contribution in [2.45, 2.75) is 26.5 Å². The standard InChI is InChI=1S/C16H19NO/c1-12-10-15(13(2)17)8-9-16(12)18-11-14-6-4-3-5-7-14/h3-10,13H,11,17H2,1-2H3/t13-/m0/s1. The smallest absolute Gasteiger partial charge is 0.122 e. The summed E-state index contributed by atoms with van der Waals surface area (Å²) in [6.45, 7) is 4.63. The molecule has 0 aliphatic carbocycles. The quantitative estimate of drug-likeness (QED) is 0.887. The largest absolute Gasteiger partial charge is 0.489 e. The van der Waals surface area contributed by atoms with E-state index in [0.29, 0.717) is 6.61 Å². The molecule has 0 saturated carbocycles. The number of benzene rings is 2. The summed E-state index contributed by atoms with van der Waals surface area (Å²) >= 11 is 0. The topological polar surface area (TPSA) is 35.2 Å². The Hall–Kier alpha value is -1.80. The summed E-state index contributed by atoms with van der Waals surface area (Å²) < 4.78 is 5.82. The van der Waals surface area contributed by atoms with Crippen molar-refractivity contribution < 1.29 is 4.74 Å². The van der Waals surface area contributed by atoms with Gasteiger partial charge < -0.3 is 10.5 Å². The molecule has 2 heteroatoms. The van der Waals surface area contributed by atoms with Crippen LogP contribution < -0.4 is 10.5 Å². The molecule has 94 valence electrons. The fourth-order valence-corrected chi connectivity index (χ4v) is 1.85. The van der Waals surface area contributed by atoms with Crippen LogP contribution in [-0.2, 0) is 6.61 Å². The molecule has 0 aliphatic heterocycles. The van der Waals surface area contributed by atoms with Gasteiger partial charge in [-0.15, -0.1) is 0 Å². The summed E-state index contributed by atoms with van der Waals surface area (Å²) in [6.07, 6.45) is 0. The Morgan fingerprint density at radius 3 is 2.44 bits per heavy atom. The van der Waals surface area contributed by atoms with Crippen molar-refractivity contribution in [2.24, 2.45) is 5.73 Å². The predicted molar refractivity (Wildman–Crippen MR) is 74.6 cm³/mol. The lowest BCUT2D eigenvalue weighted by Gasteiger charge is -2.12. The Kier molecular flexibility index (Phi) is 4.00. The van der Waals surface area contributed by atoms with Gasteiger partial charge in [0.15, 0.2) is 0 Å². The van der Waals surface area contributed by atoms with Gasteiger partial charge in [0.1, 0.15) is 12.4 Å². The van der Waals surface area contributed by atoms with E-state index in [1.165, 1.54) is 5.56 Å². The van der Waals surface area contributed by atoms with E-state index >= 15 is 0 Å². The highest BCUT2D eigenvalue weighted by atomic mass is 16.5. The van der Waals surface area contributed by atoms with Gasteiger partial charge in [0, 0.05) is 6.04 Å². The van der Waals surface area contributed by atoms with E-state index in [2.05, 4.69) is 18.2 Å². The van der Waals surface area contributed by atoms with Gasteiger partial charge >= 0.3 is 0 Å². The number of rotatable bonds is 4. The second-order valence-electron chi connectivity index (χ2n) is 4.59. The third-order valence-electron chi connectivity index (χ3n) is 2.96. The van der Waals surface area contributed by atoms with Crippen LogP contribution in [0.15, 0.2) is 48.5 Å². The normalized spacial score (nSPS) is 12.2. The van der Waals surface area contributed by atoms with Crippen LogP contribution in [0.4, 0.5) is 0 Å².